The Morgan fingerprint density at radius 2 is 1.73 bits per heavy atom. The minimum Gasteiger partial charge on any atom is -0.471 e. The Morgan fingerprint density at radius 3 is 2.35 bits per heavy atom. The number of amides is 2. The van der Waals surface area contributed by atoms with Crippen LogP contribution >= 0.6 is 0 Å². The Balaban J connectivity index is 1.91. The Morgan fingerprint density at radius 1 is 1.08 bits per heavy atom. The summed E-state index contributed by atoms with van der Waals surface area (Å²) in [5, 5.41) is 4.49. The van der Waals surface area contributed by atoms with Crippen molar-refractivity contribution in [3.63, 3.8) is 0 Å². The normalized spacial score (nSPS) is 11.9. The number of aliphatic imine (C=N–C) groups is 1. The minimum atomic E-state index is -4.93. The van der Waals surface area contributed by atoms with Gasteiger partial charge in [0.25, 0.3) is 0 Å². The number of aromatic nitrogens is 2. The molecule has 1 heterocycles. The van der Waals surface area contributed by atoms with Gasteiger partial charge >= 0.3 is 18.2 Å². The molecule has 37 heavy (non-hydrogen) atoms. The van der Waals surface area contributed by atoms with Gasteiger partial charge in [-0.25, -0.2) is 9.78 Å². The van der Waals surface area contributed by atoms with Crippen LogP contribution in [0.2, 0.25) is 0 Å². The highest BCUT2D eigenvalue weighted by Gasteiger charge is 2.38. The molecule has 2 rings (SSSR count). The van der Waals surface area contributed by atoms with Crippen LogP contribution in [0.3, 0.4) is 0 Å². The third-order valence-corrected chi connectivity index (χ3v) is 4.55. The molecule has 202 valence electrons. The average Bonchev–Trinajstić information content (AvgIpc) is 2.78. The molecule has 0 unspecified atom stereocenters. The van der Waals surface area contributed by atoms with Gasteiger partial charge < -0.3 is 25.8 Å². The highest BCUT2D eigenvalue weighted by atomic mass is 19.4. The number of ether oxygens (including phenoxy) is 2. The van der Waals surface area contributed by atoms with E-state index in [2.05, 4.69) is 20.3 Å². The van der Waals surface area contributed by atoms with E-state index in [9.17, 15) is 22.8 Å². The number of nitrogens with one attached hydrogen (secondary N) is 2. The van der Waals surface area contributed by atoms with Crippen LogP contribution in [0.25, 0.3) is 0 Å². The second-order valence-electron chi connectivity index (χ2n) is 8.99. The summed E-state index contributed by atoms with van der Waals surface area (Å²) in [6.07, 6.45) is -2.56. The Bertz CT molecular complexity index is 1100. The average molecular weight is 525 g/mol. The standard InChI is InChI=1S/C24H31F3N6O4/c1-15-18(29-11-5-6-12-30-22(35)37-23(2,3)4)19(33-21(28)32-15)36-14-17-9-7-16(8-10-17)13-31-20(34)24(25,26)27/h7-11H,5-6,12-14H2,1-4H3,(H,30,35)(H,31,34)(H2,28,32,33). The molecule has 0 radical (unpaired) electrons. The highest BCUT2D eigenvalue weighted by Crippen LogP contribution is 2.29. The summed E-state index contributed by atoms with van der Waals surface area (Å²) < 4.78 is 47.9. The number of alkyl halides is 3. The van der Waals surface area contributed by atoms with Crippen molar-refractivity contribution in [3.8, 4) is 5.88 Å². The second-order valence-corrected chi connectivity index (χ2v) is 8.99. The molecule has 10 nitrogen and oxygen atoms in total. The maximum Gasteiger partial charge on any atom is 0.471 e. The zero-order valence-corrected chi connectivity index (χ0v) is 21.1. The van der Waals surface area contributed by atoms with Crippen molar-refractivity contribution >= 4 is 29.9 Å². The number of hydrogen-bond donors (Lipinski definition) is 3. The molecule has 0 aliphatic rings. The largest absolute Gasteiger partial charge is 0.471 e. The lowest BCUT2D eigenvalue weighted by Crippen LogP contribution is -2.36. The number of hydrogen-bond acceptors (Lipinski definition) is 8. The molecule has 0 aliphatic carbocycles. The predicted molar refractivity (Wildman–Crippen MR) is 131 cm³/mol. The van der Waals surface area contributed by atoms with Crippen molar-refractivity contribution in [2.45, 2.75) is 65.5 Å². The van der Waals surface area contributed by atoms with Crippen molar-refractivity contribution < 1.29 is 32.2 Å². The van der Waals surface area contributed by atoms with Crippen molar-refractivity contribution in [2.75, 3.05) is 12.3 Å². The fraction of sp³-hybridized carbons (Fsp3) is 0.458. The number of rotatable bonds is 10. The number of nitrogen functional groups attached to an aromatic ring is 1. The lowest BCUT2D eigenvalue weighted by molar-refractivity contribution is -0.173. The fourth-order valence-electron chi connectivity index (χ4n) is 2.85. The van der Waals surface area contributed by atoms with Gasteiger partial charge in [0, 0.05) is 19.3 Å². The van der Waals surface area contributed by atoms with Gasteiger partial charge in [0.1, 0.15) is 17.9 Å². The first-order valence-corrected chi connectivity index (χ1v) is 11.4. The predicted octanol–water partition coefficient (Wildman–Crippen LogP) is 4.13. The third-order valence-electron chi connectivity index (χ3n) is 4.55. The van der Waals surface area contributed by atoms with Crippen LogP contribution in [-0.2, 0) is 22.7 Å². The quantitative estimate of drug-likeness (QED) is 0.313. The first-order valence-electron chi connectivity index (χ1n) is 11.4. The molecular weight excluding hydrogens is 493 g/mol. The molecule has 0 saturated carbocycles. The summed E-state index contributed by atoms with van der Waals surface area (Å²) in [6, 6.07) is 6.48. The number of aryl methyl sites for hydroxylation is 1. The molecule has 2 aromatic rings. The molecule has 0 spiro atoms. The van der Waals surface area contributed by atoms with Crippen LogP contribution in [0.1, 0.15) is 50.4 Å². The van der Waals surface area contributed by atoms with Crippen LogP contribution in [0.4, 0.5) is 29.6 Å². The summed E-state index contributed by atoms with van der Waals surface area (Å²) in [5.41, 5.74) is 7.31. The van der Waals surface area contributed by atoms with E-state index in [0.717, 1.165) is 0 Å². The maximum atomic E-state index is 12.3. The van der Waals surface area contributed by atoms with E-state index in [-0.39, 0.29) is 25.0 Å². The van der Waals surface area contributed by atoms with Crippen LogP contribution in [0.15, 0.2) is 29.3 Å². The molecule has 1 aromatic heterocycles. The van der Waals surface area contributed by atoms with E-state index in [1.165, 1.54) is 0 Å². The van der Waals surface area contributed by atoms with Crippen LogP contribution in [0.5, 0.6) is 5.88 Å². The molecule has 0 atom stereocenters. The summed E-state index contributed by atoms with van der Waals surface area (Å²) in [7, 11) is 0. The Kier molecular flexibility index (Phi) is 10.2. The molecule has 2 amide bonds. The van der Waals surface area contributed by atoms with Gasteiger partial charge in [0.05, 0.1) is 5.69 Å². The third kappa shape index (κ3) is 10.7. The number of carbonyl (C=O) groups excluding carboxylic acids is 2. The van der Waals surface area contributed by atoms with Gasteiger partial charge in [-0.05, 0) is 51.7 Å². The van der Waals surface area contributed by atoms with Crippen LogP contribution < -0.4 is 21.1 Å². The van der Waals surface area contributed by atoms with E-state index >= 15 is 0 Å². The minimum absolute atomic E-state index is 0.0174. The van der Waals surface area contributed by atoms with E-state index in [1.54, 1.807) is 58.2 Å². The Hall–Kier alpha value is -3.90. The molecular formula is C24H31F3N6O4. The number of benzene rings is 1. The van der Waals surface area contributed by atoms with Gasteiger partial charge in [-0.2, -0.15) is 18.2 Å². The molecule has 0 aliphatic heterocycles. The lowest BCUT2D eigenvalue weighted by atomic mass is 10.1. The molecule has 1 aromatic carbocycles. The van der Waals surface area contributed by atoms with Crippen molar-refractivity contribution in [3.05, 3.63) is 41.1 Å². The molecule has 0 saturated heterocycles. The summed E-state index contributed by atoms with van der Waals surface area (Å²) in [5.74, 6) is -1.80. The first-order chi connectivity index (χ1) is 17.2. The number of alkyl carbamates (subject to hydrolysis) is 1. The van der Waals surface area contributed by atoms with Gasteiger partial charge in [-0.15, -0.1) is 0 Å². The summed E-state index contributed by atoms with van der Waals surface area (Å²) in [4.78, 5) is 35.2. The van der Waals surface area contributed by atoms with Gasteiger partial charge in [0.2, 0.25) is 11.8 Å². The second kappa shape index (κ2) is 12.9. The van der Waals surface area contributed by atoms with Gasteiger partial charge in [-0.1, -0.05) is 24.3 Å². The summed E-state index contributed by atoms with van der Waals surface area (Å²) in [6.45, 7) is 7.32. The molecule has 4 N–H and O–H groups in total. The topological polar surface area (TPSA) is 141 Å². The number of halogens is 3. The molecule has 0 fully saturated rings. The highest BCUT2D eigenvalue weighted by molar-refractivity contribution is 5.81. The first kappa shape index (κ1) is 29.3. The zero-order chi connectivity index (χ0) is 27.6. The number of nitrogens with two attached hydrogens (primary N) is 1. The summed E-state index contributed by atoms with van der Waals surface area (Å²) >= 11 is 0. The van der Waals surface area contributed by atoms with Crippen molar-refractivity contribution in [1.29, 1.82) is 0 Å². The van der Waals surface area contributed by atoms with E-state index in [4.69, 9.17) is 15.2 Å². The Labute approximate surface area is 212 Å². The number of nitrogens with zero attached hydrogens (tertiary/aromatic N) is 3. The van der Waals surface area contributed by atoms with Crippen LogP contribution in [-0.4, -0.2) is 46.5 Å². The van der Waals surface area contributed by atoms with Gasteiger partial charge in [0.15, 0.2) is 0 Å². The zero-order valence-electron chi connectivity index (χ0n) is 21.1. The van der Waals surface area contributed by atoms with E-state index in [1.807, 2.05) is 5.32 Å². The van der Waals surface area contributed by atoms with Crippen LogP contribution in [0, 0.1) is 6.92 Å². The molecule has 0 bridgehead atoms. The lowest BCUT2D eigenvalue weighted by Gasteiger charge is -2.19. The van der Waals surface area contributed by atoms with E-state index < -0.39 is 23.8 Å². The van der Waals surface area contributed by atoms with E-state index in [0.29, 0.717) is 41.9 Å². The molecule has 13 heteroatoms. The van der Waals surface area contributed by atoms with Crippen molar-refractivity contribution in [2.24, 2.45) is 4.99 Å². The SMILES string of the molecule is Cc1nc(N)nc(OCc2ccc(CNC(=O)C(F)(F)F)cc2)c1N=CCCCNC(=O)OC(C)(C)C. The maximum absolute atomic E-state index is 12.3. The monoisotopic (exact) mass is 524 g/mol. The van der Waals surface area contributed by atoms with Crippen molar-refractivity contribution in [1.82, 2.24) is 20.6 Å². The fourth-order valence-corrected chi connectivity index (χ4v) is 2.85. The van der Waals surface area contributed by atoms with Gasteiger partial charge in [-0.3, -0.25) is 9.79 Å². The number of unbranched alkanes of at least 4 members (excludes halogenated alkanes) is 1. The smallest absolute Gasteiger partial charge is 0.471 e. The number of carbonyl (C=O) groups is 2. The number of anilines is 1.